The van der Waals surface area contributed by atoms with Crippen molar-refractivity contribution in [2.45, 2.75) is 25.7 Å². The van der Waals surface area contributed by atoms with E-state index in [-0.39, 0.29) is 11.8 Å². The first-order valence-corrected chi connectivity index (χ1v) is 4.40. The lowest BCUT2D eigenvalue weighted by atomic mass is 10.1. The Labute approximate surface area is 71.4 Å². The first-order valence-electron chi connectivity index (χ1n) is 4.40. The highest BCUT2D eigenvalue weighted by atomic mass is 16.2. The zero-order chi connectivity index (χ0) is 8.39. The van der Waals surface area contributed by atoms with Gasteiger partial charge in [0.2, 0.25) is 5.91 Å². The quantitative estimate of drug-likeness (QED) is 0.633. The number of aromatic nitrogens is 2. The van der Waals surface area contributed by atoms with E-state index in [1.54, 1.807) is 23.3 Å². The summed E-state index contributed by atoms with van der Waals surface area (Å²) in [7, 11) is 0. The van der Waals surface area contributed by atoms with Crippen molar-refractivity contribution in [3.63, 3.8) is 0 Å². The average molecular weight is 164 g/mol. The Bertz CT molecular complexity index is 260. The van der Waals surface area contributed by atoms with Gasteiger partial charge in [-0.25, -0.2) is 4.98 Å². The highest BCUT2D eigenvalue weighted by molar-refractivity contribution is 5.81. The van der Waals surface area contributed by atoms with Crippen LogP contribution in [0.15, 0.2) is 18.7 Å². The highest BCUT2D eigenvalue weighted by Crippen LogP contribution is 2.25. The van der Waals surface area contributed by atoms with Crippen molar-refractivity contribution in [1.82, 2.24) is 9.55 Å². The summed E-state index contributed by atoms with van der Waals surface area (Å²) in [6, 6.07) is 0. The number of imidazole rings is 1. The molecule has 1 aromatic heterocycles. The third kappa shape index (κ3) is 1.26. The number of carbonyl (C=O) groups is 1. The van der Waals surface area contributed by atoms with Crippen LogP contribution >= 0.6 is 0 Å². The van der Waals surface area contributed by atoms with Gasteiger partial charge in [-0.1, -0.05) is 12.8 Å². The Morgan fingerprint density at radius 1 is 1.42 bits per heavy atom. The SMILES string of the molecule is O=C(C1CCCC1)n1ccnc1. The molecule has 0 spiro atoms. The largest absolute Gasteiger partial charge is 0.276 e. The van der Waals surface area contributed by atoms with Crippen LogP contribution < -0.4 is 0 Å². The molecule has 0 aliphatic heterocycles. The monoisotopic (exact) mass is 164 g/mol. The molecule has 3 heteroatoms. The van der Waals surface area contributed by atoms with Gasteiger partial charge in [-0.3, -0.25) is 9.36 Å². The Morgan fingerprint density at radius 2 is 2.17 bits per heavy atom. The van der Waals surface area contributed by atoms with Crippen molar-refractivity contribution < 1.29 is 4.79 Å². The molecule has 1 saturated carbocycles. The normalized spacial score (nSPS) is 18.3. The van der Waals surface area contributed by atoms with Crippen LogP contribution in [0.2, 0.25) is 0 Å². The molecule has 1 fully saturated rings. The van der Waals surface area contributed by atoms with Crippen LogP contribution in [0.25, 0.3) is 0 Å². The Morgan fingerprint density at radius 3 is 2.75 bits per heavy atom. The van der Waals surface area contributed by atoms with Crippen molar-refractivity contribution in [2.24, 2.45) is 5.92 Å². The van der Waals surface area contributed by atoms with Crippen LogP contribution in [0, 0.1) is 5.92 Å². The number of hydrogen-bond donors (Lipinski definition) is 0. The molecule has 0 aromatic carbocycles. The molecule has 64 valence electrons. The van der Waals surface area contributed by atoms with Crippen LogP contribution in [-0.4, -0.2) is 15.5 Å². The number of rotatable bonds is 1. The minimum atomic E-state index is 0.213. The van der Waals surface area contributed by atoms with Gasteiger partial charge in [-0.05, 0) is 12.8 Å². The Hall–Kier alpha value is -1.12. The van der Waals surface area contributed by atoms with Gasteiger partial charge >= 0.3 is 0 Å². The van der Waals surface area contributed by atoms with E-state index in [9.17, 15) is 4.79 Å². The second-order valence-corrected chi connectivity index (χ2v) is 3.29. The lowest BCUT2D eigenvalue weighted by Gasteiger charge is -2.06. The molecule has 0 unspecified atom stereocenters. The van der Waals surface area contributed by atoms with E-state index in [0.29, 0.717) is 0 Å². The molecule has 1 aliphatic carbocycles. The summed E-state index contributed by atoms with van der Waals surface area (Å²) in [4.78, 5) is 15.5. The number of carbonyl (C=O) groups excluding carboxylic acids is 1. The molecule has 1 aromatic rings. The van der Waals surface area contributed by atoms with Crippen molar-refractivity contribution in [1.29, 1.82) is 0 Å². The minimum Gasteiger partial charge on any atom is -0.276 e. The molecule has 3 nitrogen and oxygen atoms in total. The molecule has 0 radical (unpaired) electrons. The summed E-state index contributed by atoms with van der Waals surface area (Å²) >= 11 is 0. The summed E-state index contributed by atoms with van der Waals surface area (Å²) in [5, 5.41) is 0. The van der Waals surface area contributed by atoms with E-state index in [4.69, 9.17) is 0 Å². The zero-order valence-corrected chi connectivity index (χ0v) is 6.94. The van der Waals surface area contributed by atoms with Gasteiger partial charge in [0.1, 0.15) is 6.33 Å². The fraction of sp³-hybridized carbons (Fsp3) is 0.556. The predicted octanol–water partition coefficient (Wildman–Crippen LogP) is 1.71. The standard InChI is InChI=1S/C9H12N2O/c12-9(8-3-1-2-4-8)11-6-5-10-7-11/h5-8H,1-4H2. The maximum atomic E-state index is 11.6. The zero-order valence-electron chi connectivity index (χ0n) is 6.94. The first kappa shape index (κ1) is 7.53. The van der Waals surface area contributed by atoms with Gasteiger partial charge in [0.15, 0.2) is 0 Å². The highest BCUT2D eigenvalue weighted by Gasteiger charge is 2.23. The summed E-state index contributed by atoms with van der Waals surface area (Å²) in [5.74, 6) is 0.462. The molecule has 0 amide bonds. The Kier molecular flexibility index (Phi) is 1.94. The fourth-order valence-electron chi connectivity index (χ4n) is 1.77. The summed E-state index contributed by atoms with van der Waals surface area (Å²) < 4.78 is 1.59. The van der Waals surface area contributed by atoms with Gasteiger partial charge in [0.25, 0.3) is 0 Å². The Balaban J connectivity index is 2.09. The molecule has 12 heavy (non-hydrogen) atoms. The third-order valence-electron chi connectivity index (χ3n) is 2.46. The second kappa shape index (κ2) is 3.09. The van der Waals surface area contributed by atoms with E-state index < -0.39 is 0 Å². The lowest BCUT2D eigenvalue weighted by molar-refractivity contribution is 0.0837. The maximum absolute atomic E-state index is 11.6. The van der Waals surface area contributed by atoms with Gasteiger partial charge in [0.05, 0.1) is 0 Å². The lowest BCUT2D eigenvalue weighted by Crippen LogP contribution is -2.17. The van der Waals surface area contributed by atoms with Gasteiger partial charge in [0, 0.05) is 18.3 Å². The molecule has 0 atom stereocenters. The number of hydrogen-bond acceptors (Lipinski definition) is 2. The van der Waals surface area contributed by atoms with Crippen molar-refractivity contribution in [3.8, 4) is 0 Å². The van der Waals surface area contributed by atoms with Crippen molar-refractivity contribution in [2.75, 3.05) is 0 Å². The van der Waals surface area contributed by atoms with E-state index in [2.05, 4.69) is 4.98 Å². The molecule has 1 aliphatic rings. The molecule has 2 rings (SSSR count). The van der Waals surface area contributed by atoms with Crippen LogP contribution in [0.1, 0.15) is 30.5 Å². The number of nitrogens with zero attached hydrogens (tertiary/aromatic N) is 2. The summed E-state index contributed by atoms with van der Waals surface area (Å²) in [6.45, 7) is 0. The summed E-state index contributed by atoms with van der Waals surface area (Å²) in [6.07, 6.45) is 9.46. The molecular formula is C9H12N2O. The van der Waals surface area contributed by atoms with Crippen LogP contribution in [0.3, 0.4) is 0 Å². The third-order valence-corrected chi connectivity index (χ3v) is 2.46. The van der Waals surface area contributed by atoms with Crippen LogP contribution in [-0.2, 0) is 0 Å². The van der Waals surface area contributed by atoms with Gasteiger partial charge in [-0.2, -0.15) is 0 Å². The molecular weight excluding hydrogens is 152 g/mol. The fourth-order valence-corrected chi connectivity index (χ4v) is 1.77. The van der Waals surface area contributed by atoms with E-state index in [1.807, 2.05) is 0 Å². The van der Waals surface area contributed by atoms with Crippen LogP contribution in [0.4, 0.5) is 0 Å². The summed E-state index contributed by atoms with van der Waals surface area (Å²) in [5.41, 5.74) is 0. The second-order valence-electron chi connectivity index (χ2n) is 3.29. The topological polar surface area (TPSA) is 34.9 Å². The van der Waals surface area contributed by atoms with Gasteiger partial charge in [-0.15, -0.1) is 0 Å². The van der Waals surface area contributed by atoms with E-state index in [1.165, 1.54) is 12.8 Å². The van der Waals surface area contributed by atoms with Gasteiger partial charge < -0.3 is 0 Å². The smallest absolute Gasteiger partial charge is 0.234 e. The van der Waals surface area contributed by atoms with E-state index in [0.717, 1.165) is 12.8 Å². The first-order chi connectivity index (χ1) is 5.88. The molecule has 0 N–H and O–H groups in total. The predicted molar refractivity (Wildman–Crippen MR) is 44.8 cm³/mol. The van der Waals surface area contributed by atoms with E-state index >= 15 is 0 Å². The van der Waals surface area contributed by atoms with Crippen LogP contribution in [0.5, 0.6) is 0 Å². The molecule has 1 heterocycles. The van der Waals surface area contributed by atoms with Crippen molar-refractivity contribution in [3.05, 3.63) is 18.7 Å². The minimum absolute atomic E-state index is 0.213. The molecule has 0 bridgehead atoms. The average Bonchev–Trinajstić information content (AvgIpc) is 2.77. The molecule has 0 saturated heterocycles. The maximum Gasteiger partial charge on any atom is 0.234 e. The van der Waals surface area contributed by atoms with Crippen molar-refractivity contribution >= 4 is 5.91 Å².